The molecule has 0 bridgehead atoms. The van der Waals surface area contributed by atoms with Gasteiger partial charge in [0, 0.05) is 10.6 Å². The number of hydrogen-bond acceptors (Lipinski definition) is 2. The highest BCUT2D eigenvalue weighted by Gasteiger charge is 2.04. The maximum absolute atomic E-state index is 11.6. The number of benzene rings is 1. The first-order valence-corrected chi connectivity index (χ1v) is 6.14. The molecule has 0 fully saturated rings. The zero-order valence-electron chi connectivity index (χ0n) is 8.60. The Morgan fingerprint density at radius 3 is 2.40 bits per heavy atom. The van der Waals surface area contributed by atoms with Gasteiger partial charge in [0.1, 0.15) is 0 Å². The smallest absolute Gasteiger partial charge is 0.307 e. The predicted octanol–water partition coefficient (Wildman–Crippen LogP) is 1.83. The van der Waals surface area contributed by atoms with Gasteiger partial charge in [0.25, 0.3) is 0 Å². The minimum absolute atomic E-state index is 0.0146. The summed E-state index contributed by atoms with van der Waals surface area (Å²) in [4.78, 5) is 11.2. The monoisotopic (exact) mass is 226 g/mol. The summed E-state index contributed by atoms with van der Waals surface area (Å²) in [5.74, 6) is -0.199. The van der Waals surface area contributed by atoms with Crippen molar-refractivity contribution in [2.75, 3.05) is 5.75 Å². The second kappa shape index (κ2) is 5.66. The van der Waals surface area contributed by atoms with E-state index in [0.717, 1.165) is 16.9 Å². The van der Waals surface area contributed by atoms with Crippen molar-refractivity contribution in [2.24, 2.45) is 0 Å². The first-order chi connectivity index (χ1) is 7.13. The average Bonchev–Trinajstić information content (AvgIpc) is 2.18. The SMILES string of the molecule is CCCS(=O)c1ccc(CC(=O)O)cc1. The number of carboxylic acids is 1. The summed E-state index contributed by atoms with van der Waals surface area (Å²) >= 11 is 0. The van der Waals surface area contributed by atoms with Crippen molar-refractivity contribution in [1.29, 1.82) is 0 Å². The van der Waals surface area contributed by atoms with Gasteiger partial charge in [0.05, 0.1) is 17.2 Å². The number of aliphatic carboxylic acids is 1. The highest BCUT2D eigenvalue weighted by molar-refractivity contribution is 7.85. The molecule has 1 rings (SSSR count). The quantitative estimate of drug-likeness (QED) is 0.833. The highest BCUT2D eigenvalue weighted by Crippen LogP contribution is 2.10. The average molecular weight is 226 g/mol. The van der Waals surface area contributed by atoms with E-state index in [1.807, 2.05) is 6.92 Å². The van der Waals surface area contributed by atoms with Crippen LogP contribution in [-0.2, 0) is 22.0 Å². The second-order valence-corrected chi connectivity index (χ2v) is 4.83. The highest BCUT2D eigenvalue weighted by atomic mass is 32.2. The summed E-state index contributed by atoms with van der Waals surface area (Å²) in [6, 6.07) is 6.92. The van der Waals surface area contributed by atoms with Crippen molar-refractivity contribution < 1.29 is 14.1 Å². The van der Waals surface area contributed by atoms with Gasteiger partial charge in [-0.25, -0.2) is 0 Å². The van der Waals surface area contributed by atoms with Crippen molar-refractivity contribution in [3.8, 4) is 0 Å². The molecule has 0 amide bonds. The lowest BCUT2D eigenvalue weighted by Crippen LogP contribution is -2.01. The van der Waals surface area contributed by atoms with Crippen LogP contribution in [0.15, 0.2) is 29.2 Å². The summed E-state index contributed by atoms with van der Waals surface area (Å²) in [6.07, 6.45) is 0.893. The van der Waals surface area contributed by atoms with Crippen LogP contribution in [0.3, 0.4) is 0 Å². The molecule has 0 aromatic heterocycles. The van der Waals surface area contributed by atoms with E-state index in [1.54, 1.807) is 24.3 Å². The van der Waals surface area contributed by atoms with Crippen LogP contribution in [-0.4, -0.2) is 21.0 Å². The minimum Gasteiger partial charge on any atom is -0.481 e. The Hall–Kier alpha value is -1.16. The van der Waals surface area contributed by atoms with E-state index in [-0.39, 0.29) is 6.42 Å². The summed E-state index contributed by atoms with van der Waals surface area (Å²) in [7, 11) is -0.952. The maximum atomic E-state index is 11.6. The summed E-state index contributed by atoms with van der Waals surface area (Å²) in [5, 5.41) is 8.57. The molecule has 1 aromatic carbocycles. The van der Waals surface area contributed by atoms with E-state index in [2.05, 4.69) is 0 Å². The molecule has 0 aliphatic rings. The van der Waals surface area contributed by atoms with Crippen LogP contribution < -0.4 is 0 Å². The Kier molecular flexibility index (Phi) is 4.49. The zero-order chi connectivity index (χ0) is 11.3. The summed E-state index contributed by atoms with van der Waals surface area (Å²) in [5.41, 5.74) is 0.736. The van der Waals surface area contributed by atoms with E-state index < -0.39 is 16.8 Å². The first kappa shape index (κ1) is 11.9. The van der Waals surface area contributed by atoms with Gasteiger partial charge in [0.15, 0.2) is 0 Å². The summed E-state index contributed by atoms with van der Waals surface area (Å²) in [6.45, 7) is 1.98. The van der Waals surface area contributed by atoms with Gasteiger partial charge in [0.2, 0.25) is 0 Å². The molecule has 1 atom stereocenters. The lowest BCUT2D eigenvalue weighted by atomic mass is 10.2. The fourth-order valence-electron chi connectivity index (χ4n) is 1.24. The first-order valence-electron chi connectivity index (χ1n) is 4.82. The minimum atomic E-state index is -0.952. The molecule has 1 unspecified atom stereocenters. The fraction of sp³-hybridized carbons (Fsp3) is 0.364. The van der Waals surface area contributed by atoms with Crippen LogP contribution in [0, 0.1) is 0 Å². The molecule has 0 saturated heterocycles. The molecule has 4 heteroatoms. The predicted molar refractivity (Wildman–Crippen MR) is 59.3 cm³/mol. The molecule has 82 valence electrons. The van der Waals surface area contributed by atoms with Crippen LogP contribution in [0.2, 0.25) is 0 Å². The fourth-order valence-corrected chi connectivity index (χ4v) is 2.28. The van der Waals surface area contributed by atoms with Crippen LogP contribution in [0.5, 0.6) is 0 Å². The normalized spacial score (nSPS) is 12.3. The van der Waals surface area contributed by atoms with Gasteiger partial charge >= 0.3 is 5.97 Å². The Balaban J connectivity index is 2.71. The van der Waals surface area contributed by atoms with Gasteiger partial charge < -0.3 is 5.11 Å². The third kappa shape index (κ3) is 3.83. The van der Waals surface area contributed by atoms with Crippen molar-refractivity contribution in [3.05, 3.63) is 29.8 Å². The van der Waals surface area contributed by atoms with Gasteiger partial charge in [-0.1, -0.05) is 19.1 Å². The van der Waals surface area contributed by atoms with Gasteiger partial charge in [-0.05, 0) is 24.1 Å². The Labute approximate surface area is 91.6 Å². The molecule has 1 aromatic rings. The van der Waals surface area contributed by atoms with E-state index >= 15 is 0 Å². The Bertz CT molecular complexity index is 357. The largest absolute Gasteiger partial charge is 0.481 e. The van der Waals surface area contributed by atoms with Crippen LogP contribution in [0.25, 0.3) is 0 Å². The van der Waals surface area contributed by atoms with Crippen LogP contribution in [0.4, 0.5) is 0 Å². The van der Waals surface area contributed by atoms with Crippen LogP contribution in [0.1, 0.15) is 18.9 Å². The summed E-state index contributed by atoms with van der Waals surface area (Å²) < 4.78 is 11.6. The van der Waals surface area contributed by atoms with Crippen molar-refractivity contribution in [3.63, 3.8) is 0 Å². The molecule has 0 aliphatic carbocycles. The lowest BCUT2D eigenvalue weighted by molar-refractivity contribution is -0.136. The second-order valence-electron chi connectivity index (χ2n) is 3.26. The van der Waals surface area contributed by atoms with Crippen molar-refractivity contribution >= 4 is 16.8 Å². The zero-order valence-corrected chi connectivity index (χ0v) is 9.42. The maximum Gasteiger partial charge on any atom is 0.307 e. The number of carboxylic acid groups (broad SMARTS) is 1. The van der Waals surface area contributed by atoms with Crippen LogP contribution >= 0.6 is 0 Å². The number of rotatable bonds is 5. The van der Waals surface area contributed by atoms with E-state index in [1.165, 1.54) is 0 Å². The molecule has 0 heterocycles. The number of hydrogen-bond donors (Lipinski definition) is 1. The molecule has 0 radical (unpaired) electrons. The number of carbonyl (C=O) groups is 1. The van der Waals surface area contributed by atoms with Gasteiger partial charge in [-0.2, -0.15) is 0 Å². The van der Waals surface area contributed by atoms with E-state index in [0.29, 0.717) is 5.75 Å². The van der Waals surface area contributed by atoms with Crippen molar-refractivity contribution in [1.82, 2.24) is 0 Å². The third-order valence-electron chi connectivity index (χ3n) is 1.93. The van der Waals surface area contributed by atoms with Crippen molar-refractivity contribution in [2.45, 2.75) is 24.7 Å². The molecular formula is C11H14O3S. The van der Waals surface area contributed by atoms with E-state index in [9.17, 15) is 9.00 Å². The molecule has 0 spiro atoms. The Morgan fingerprint density at radius 2 is 1.93 bits per heavy atom. The molecular weight excluding hydrogens is 212 g/mol. The van der Waals surface area contributed by atoms with Gasteiger partial charge in [-0.15, -0.1) is 0 Å². The molecule has 1 N–H and O–H groups in total. The standard InChI is InChI=1S/C11H14O3S/c1-2-7-15(14)10-5-3-9(4-6-10)8-11(12)13/h3-6H,2,7-8H2,1H3,(H,12,13). The third-order valence-corrected chi connectivity index (χ3v) is 3.51. The van der Waals surface area contributed by atoms with Gasteiger partial charge in [-0.3, -0.25) is 9.00 Å². The molecule has 0 aliphatic heterocycles. The molecule has 0 saturated carbocycles. The molecule has 15 heavy (non-hydrogen) atoms. The lowest BCUT2D eigenvalue weighted by Gasteiger charge is -2.01. The Morgan fingerprint density at radius 1 is 1.33 bits per heavy atom. The topological polar surface area (TPSA) is 54.4 Å². The van der Waals surface area contributed by atoms with E-state index in [4.69, 9.17) is 5.11 Å². The molecule has 3 nitrogen and oxygen atoms in total.